The van der Waals surface area contributed by atoms with Gasteiger partial charge in [-0.1, -0.05) is 28.1 Å². The standard InChI is InChI=1S/C13H17BrO4/c1-13(2,3)18-12(17)11(16)10(15)8-4-6-9(14)7-5-8/h4-7,10-11,15-16H,1-3H3/t10-,11-/m0/s1. The molecule has 1 aromatic carbocycles. The second-order valence-electron chi connectivity index (χ2n) is 4.97. The van der Waals surface area contributed by atoms with E-state index in [4.69, 9.17) is 4.74 Å². The van der Waals surface area contributed by atoms with Gasteiger partial charge in [0.1, 0.15) is 11.7 Å². The molecular weight excluding hydrogens is 300 g/mol. The van der Waals surface area contributed by atoms with Crippen molar-refractivity contribution in [2.45, 2.75) is 38.6 Å². The number of hydrogen-bond acceptors (Lipinski definition) is 4. The number of hydrogen-bond donors (Lipinski definition) is 2. The third kappa shape index (κ3) is 4.40. The number of halogens is 1. The Labute approximate surface area is 115 Å². The van der Waals surface area contributed by atoms with E-state index in [1.807, 2.05) is 0 Å². The smallest absolute Gasteiger partial charge is 0.338 e. The molecular formula is C13H17BrO4. The molecule has 1 rings (SSSR count). The lowest BCUT2D eigenvalue weighted by Crippen LogP contribution is -2.35. The van der Waals surface area contributed by atoms with Crippen LogP contribution in [0, 0.1) is 0 Å². The Morgan fingerprint density at radius 3 is 2.17 bits per heavy atom. The summed E-state index contributed by atoms with van der Waals surface area (Å²) < 4.78 is 5.86. The molecule has 0 amide bonds. The molecule has 2 N–H and O–H groups in total. The topological polar surface area (TPSA) is 66.8 Å². The molecule has 1 aromatic rings. The second-order valence-corrected chi connectivity index (χ2v) is 5.89. The lowest BCUT2D eigenvalue weighted by atomic mass is 10.0. The molecule has 100 valence electrons. The van der Waals surface area contributed by atoms with Gasteiger partial charge in [0.2, 0.25) is 0 Å². The van der Waals surface area contributed by atoms with Crippen molar-refractivity contribution in [3.05, 3.63) is 34.3 Å². The van der Waals surface area contributed by atoms with Crippen molar-refractivity contribution < 1.29 is 19.7 Å². The number of esters is 1. The number of aliphatic hydroxyl groups excluding tert-OH is 2. The van der Waals surface area contributed by atoms with Gasteiger partial charge in [-0.15, -0.1) is 0 Å². The molecule has 0 radical (unpaired) electrons. The average Bonchev–Trinajstić information content (AvgIpc) is 2.26. The number of ether oxygens (including phenoxy) is 1. The molecule has 0 aromatic heterocycles. The van der Waals surface area contributed by atoms with Crippen molar-refractivity contribution in [2.75, 3.05) is 0 Å². The summed E-state index contributed by atoms with van der Waals surface area (Å²) in [6.07, 6.45) is -2.89. The molecule has 0 unspecified atom stereocenters. The van der Waals surface area contributed by atoms with Gasteiger partial charge in [0.05, 0.1) is 0 Å². The molecule has 0 heterocycles. The van der Waals surface area contributed by atoms with Crippen LogP contribution in [0.3, 0.4) is 0 Å². The first-order valence-corrected chi connectivity index (χ1v) is 6.34. The maximum atomic E-state index is 11.6. The number of carbonyl (C=O) groups is 1. The van der Waals surface area contributed by atoms with Gasteiger partial charge in [-0.3, -0.25) is 0 Å². The number of carbonyl (C=O) groups excluding carboxylic acids is 1. The van der Waals surface area contributed by atoms with Crippen LogP contribution < -0.4 is 0 Å². The average molecular weight is 317 g/mol. The van der Waals surface area contributed by atoms with Gasteiger partial charge in [-0.25, -0.2) is 4.79 Å². The second kappa shape index (κ2) is 5.82. The Hall–Kier alpha value is -0.910. The quantitative estimate of drug-likeness (QED) is 0.839. The Balaban J connectivity index is 2.74. The highest BCUT2D eigenvalue weighted by molar-refractivity contribution is 9.10. The minimum atomic E-state index is -1.59. The van der Waals surface area contributed by atoms with Crippen molar-refractivity contribution >= 4 is 21.9 Å². The van der Waals surface area contributed by atoms with Crippen LogP contribution in [0.1, 0.15) is 32.4 Å². The van der Waals surface area contributed by atoms with E-state index >= 15 is 0 Å². The Bertz CT molecular complexity index is 408. The summed E-state index contributed by atoms with van der Waals surface area (Å²) in [5.41, 5.74) is -0.242. The van der Waals surface area contributed by atoms with Crippen LogP contribution in [0.5, 0.6) is 0 Å². The SMILES string of the molecule is CC(C)(C)OC(=O)[C@@H](O)[C@@H](O)c1ccc(Br)cc1. The number of aliphatic hydroxyl groups is 2. The molecule has 0 aliphatic heterocycles. The van der Waals surface area contributed by atoms with Crippen LogP contribution in [0.4, 0.5) is 0 Å². The summed E-state index contributed by atoms with van der Waals surface area (Å²) in [4.78, 5) is 11.6. The first kappa shape index (κ1) is 15.1. The van der Waals surface area contributed by atoms with Gasteiger partial charge < -0.3 is 14.9 Å². The van der Waals surface area contributed by atoms with E-state index in [0.717, 1.165) is 4.47 Å². The molecule has 2 atom stereocenters. The predicted octanol–water partition coefficient (Wildman–Crippen LogP) is 2.19. The molecule has 5 heteroatoms. The lowest BCUT2D eigenvalue weighted by molar-refractivity contribution is -0.171. The summed E-state index contributed by atoms with van der Waals surface area (Å²) in [5, 5.41) is 19.6. The van der Waals surface area contributed by atoms with Crippen LogP contribution in [0.2, 0.25) is 0 Å². The summed E-state index contributed by atoms with van der Waals surface area (Å²) in [6.45, 7) is 5.09. The fourth-order valence-corrected chi connectivity index (χ4v) is 1.60. The zero-order valence-electron chi connectivity index (χ0n) is 10.6. The van der Waals surface area contributed by atoms with E-state index in [9.17, 15) is 15.0 Å². The minimum absolute atomic E-state index is 0.455. The Morgan fingerprint density at radius 2 is 1.72 bits per heavy atom. The van der Waals surface area contributed by atoms with Gasteiger partial charge in [0.15, 0.2) is 6.10 Å². The zero-order valence-corrected chi connectivity index (χ0v) is 12.1. The number of benzene rings is 1. The number of rotatable bonds is 3. The molecule has 4 nitrogen and oxygen atoms in total. The highest BCUT2D eigenvalue weighted by Gasteiger charge is 2.30. The minimum Gasteiger partial charge on any atom is -0.458 e. The van der Waals surface area contributed by atoms with Crippen LogP contribution in [0.25, 0.3) is 0 Å². The molecule has 0 aliphatic rings. The molecule has 18 heavy (non-hydrogen) atoms. The summed E-state index contributed by atoms with van der Waals surface area (Å²) in [6, 6.07) is 6.70. The summed E-state index contributed by atoms with van der Waals surface area (Å²) >= 11 is 3.26. The van der Waals surface area contributed by atoms with Crippen LogP contribution >= 0.6 is 15.9 Å². The lowest BCUT2D eigenvalue weighted by Gasteiger charge is -2.24. The van der Waals surface area contributed by atoms with Crippen molar-refractivity contribution in [3.8, 4) is 0 Å². The van der Waals surface area contributed by atoms with Crippen molar-refractivity contribution in [1.29, 1.82) is 0 Å². The maximum absolute atomic E-state index is 11.6. The van der Waals surface area contributed by atoms with E-state index in [1.54, 1.807) is 45.0 Å². The van der Waals surface area contributed by atoms with Gasteiger partial charge in [-0.2, -0.15) is 0 Å². The molecule has 0 fully saturated rings. The van der Waals surface area contributed by atoms with E-state index in [-0.39, 0.29) is 0 Å². The fraction of sp³-hybridized carbons (Fsp3) is 0.462. The van der Waals surface area contributed by atoms with Crippen molar-refractivity contribution in [1.82, 2.24) is 0 Å². The van der Waals surface area contributed by atoms with Crippen molar-refractivity contribution in [3.63, 3.8) is 0 Å². The maximum Gasteiger partial charge on any atom is 0.338 e. The van der Waals surface area contributed by atoms with E-state index < -0.39 is 23.8 Å². The third-order valence-corrected chi connectivity index (χ3v) is 2.69. The monoisotopic (exact) mass is 316 g/mol. The first-order chi connectivity index (χ1) is 8.20. The summed E-state index contributed by atoms with van der Waals surface area (Å²) in [7, 11) is 0. The third-order valence-electron chi connectivity index (χ3n) is 2.16. The van der Waals surface area contributed by atoms with Crippen molar-refractivity contribution in [2.24, 2.45) is 0 Å². The Kier molecular flexibility index (Phi) is 4.90. The largest absolute Gasteiger partial charge is 0.458 e. The molecule has 0 bridgehead atoms. The fourth-order valence-electron chi connectivity index (χ4n) is 1.33. The van der Waals surface area contributed by atoms with Crippen LogP contribution in [-0.4, -0.2) is 27.9 Å². The zero-order chi connectivity index (χ0) is 13.9. The highest BCUT2D eigenvalue weighted by atomic mass is 79.9. The normalized spacial score (nSPS) is 15.0. The summed E-state index contributed by atoms with van der Waals surface area (Å²) in [5.74, 6) is -0.835. The highest BCUT2D eigenvalue weighted by Crippen LogP contribution is 2.21. The van der Waals surface area contributed by atoms with Gasteiger partial charge in [0.25, 0.3) is 0 Å². The van der Waals surface area contributed by atoms with E-state index in [0.29, 0.717) is 5.56 Å². The first-order valence-electron chi connectivity index (χ1n) is 5.55. The molecule has 0 aliphatic carbocycles. The Morgan fingerprint density at radius 1 is 1.22 bits per heavy atom. The molecule has 0 saturated heterocycles. The van der Waals surface area contributed by atoms with Gasteiger partial charge in [0, 0.05) is 4.47 Å². The van der Waals surface area contributed by atoms with Crippen LogP contribution in [0.15, 0.2) is 28.7 Å². The van der Waals surface area contributed by atoms with Crippen LogP contribution in [-0.2, 0) is 9.53 Å². The van der Waals surface area contributed by atoms with E-state index in [1.165, 1.54) is 0 Å². The van der Waals surface area contributed by atoms with Gasteiger partial charge in [-0.05, 0) is 38.5 Å². The molecule has 0 spiro atoms. The predicted molar refractivity (Wildman–Crippen MR) is 71.0 cm³/mol. The van der Waals surface area contributed by atoms with Gasteiger partial charge >= 0.3 is 5.97 Å². The molecule has 0 saturated carbocycles. The van der Waals surface area contributed by atoms with E-state index in [2.05, 4.69) is 15.9 Å².